The van der Waals surface area contributed by atoms with Gasteiger partial charge < -0.3 is 20.9 Å². The number of carbonyl (C=O) groups is 2. The molecule has 0 radical (unpaired) electrons. The number of para-hydroxylation sites is 1. The Morgan fingerprint density at radius 2 is 2.00 bits per heavy atom. The second-order valence-corrected chi connectivity index (χ2v) is 4.35. The highest BCUT2D eigenvalue weighted by molar-refractivity contribution is 5.86. The average Bonchev–Trinajstić information content (AvgIpc) is 2.37. The summed E-state index contributed by atoms with van der Waals surface area (Å²) in [5, 5.41) is 11.0. The van der Waals surface area contributed by atoms with Gasteiger partial charge in [0.1, 0.15) is 5.75 Å². The molecule has 0 bridgehead atoms. The molecular formula is C13H16F2N2O4. The van der Waals surface area contributed by atoms with E-state index in [1.807, 2.05) is 0 Å². The van der Waals surface area contributed by atoms with Crippen LogP contribution >= 0.6 is 0 Å². The summed E-state index contributed by atoms with van der Waals surface area (Å²) in [6.45, 7) is -1.43. The summed E-state index contributed by atoms with van der Waals surface area (Å²) in [6.07, 6.45) is -0.520. The molecule has 6 nitrogen and oxygen atoms in total. The van der Waals surface area contributed by atoms with E-state index in [2.05, 4.69) is 10.1 Å². The van der Waals surface area contributed by atoms with Crippen molar-refractivity contribution in [1.29, 1.82) is 0 Å². The molecule has 0 saturated carbocycles. The first-order valence-electron chi connectivity index (χ1n) is 6.12. The zero-order chi connectivity index (χ0) is 16.0. The molecule has 0 aromatic heterocycles. The van der Waals surface area contributed by atoms with Gasteiger partial charge in [0.15, 0.2) is 0 Å². The number of nitrogens with one attached hydrogen (secondary N) is 1. The maximum Gasteiger partial charge on any atom is 0.387 e. The number of rotatable bonds is 7. The van der Waals surface area contributed by atoms with Crippen molar-refractivity contribution >= 4 is 11.9 Å². The standard InChI is InChI=1S/C13H16F2N2O4/c1-7(17-12(20)9(16)6-11(18)19)8-4-2-3-5-10(8)21-13(14)15/h2-5,7,9,13H,6,16H2,1H3,(H,17,20)(H,18,19). The van der Waals surface area contributed by atoms with E-state index in [9.17, 15) is 18.4 Å². The molecule has 1 rings (SSSR count). The van der Waals surface area contributed by atoms with Crippen molar-refractivity contribution in [1.82, 2.24) is 5.32 Å². The largest absolute Gasteiger partial charge is 0.481 e. The van der Waals surface area contributed by atoms with Crippen molar-refractivity contribution in [3.63, 3.8) is 0 Å². The number of hydrogen-bond donors (Lipinski definition) is 3. The van der Waals surface area contributed by atoms with Crippen LogP contribution in [0, 0.1) is 0 Å². The first kappa shape index (κ1) is 16.8. The van der Waals surface area contributed by atoms with Crippen LogP contribution in [0.1, 0.15) is 24.9 Å². The van der Waals surface area contributed by atoms with Crippen LogP contribution in [0.3, 0.4) is 0 Å². The lowest BCUT2D eigenvalue weighted by Crippen LogP contribution is -2.42. The fourth-order valence-electron chi connectivity index (χ4n) is 1.72. The molecule has 1 aromatic carbocycles. The van der Waals surface area contributed by atoms with Crippen LogP contribution in [0.5, 0.6) is 5.75 Å². The van der Waals surface area contributed by atoms with Crippen molar-refractivity contribution in [2.24, 2.45) is 5.73 Å². The number of carbonyl (C=O) groups excluding carboxylic acids is 1. The van der Waals surface area contributed by atoms with Crippen LogP contribution < -0.4 is 15.8 Å². The summed E-state index contributed by atoms with van der Waals surface area (Å²) in [5.41, 5.74) is 5.76. The molecule has 0 fully saturated rings. The minimum Gasteiger partial charge on any atom is -0.481 e. The lowest BCUT2D eigenvalue weighted by atomic mass is 10.1. The molecule has 0 aliphatic rings. The number of hydrogen-bond acceptors (Lipinski definition) is 4. The number of carboxylic acid groups (broad SMARTS) is 1. The van der Waals surface area contributed by atoms with Gasteiger partial charge in [0.05, 0.1) is 18.5 Å². The summed E-state index contributed by atoms with van der Waals surface area (Å²) in [7, 11) is 0. The molecule has 8 heteroatoms. The number of halogens is 2. The first-order chi connectivity index (χ1) is 9.81. The number of aliphatic carboxylic acids is 1. The number of amides is 1. The van der Waals surface area contributed by atoms with Crippen molar-refractivity contribution < 1.29 is 28.2 Å². The SMILES string of the molecule is CC(NC(=O)C(N)CC(=O)O)c1ccccc1OC(F)F. The van der Waals surface area contributed by atoms with E-state index in [4.69, 9.17) is 10.8 Å². The van der Waals surface area contributed by atoms with Gasteiger partial charge in [-0.25, -0.2) is 0 Å². The lowest BCUT2D eigenvalue weighted by Gasteiger charge is -2.19. The van der Waals surface area contributed by atoms with Gasteiger partial charge in [-0.1, -0.05) is 18.2 Å². The molecule has 4 N–H and O–H groups in total. The molecule has 0 spiro atoms. The van der Waals surface area contributed by atoms with Gasteiger partial charge in [0.25, 0.3) is 0 Å². The van der Waals surface area contributed by atoms with Gasteiger partial charge in [-0.2, -0.15) is 8.78 Å². The van der Waals surface area contributed by atoms with E-state index in [0.717, 1.165) is 0 Å². The van der Waals surface area contributed by atoms with E-state index in [1.54, 1.807) is 13.0 Å². The fraction of sp³-hybridized carbons (Fsp3) is 0.385. The molecule has 2 unspecified atom stereocenters. The van der Waals surface area contributed by atoms with Crippen molar-refractivity contribution in [2.75, 3.05) is 0 Å². The topological polar surface area (TPSA) is 102 Å². The summed E-state index contributed by atoms with van der Waals surface area (Å²) in [5.74, 6) is -1.95. The third kappa shape index (κ3) is 5.35. The van der Waals surface area contributed by atoms with Gasteiger partial charge in [-0.3, -0.25) is 9.59 Å². The van der Waals surface area contributed by atoms with E-state index in [1.165, 1.54) is 18.2 Å². The zero-order valence-corrected chi connectivity index (χ0v) is 11.3. The minimum atomic E-state index is -2.98. The van der Waals surface area contributed by atoms with Crippen molar-refractivity contribution in [2.45, 2.75) is 32.0 Å². The predicted octanol–water partition coefficient (Wildman–Crippen LogP) is 1.27. The Balaban J connectivity index is 2.77. The molecule has 0 aliphatic carbocycles. The molecule has 116 valence electrons. The Labute approximate surface area is 119 Å². The maximum atomic E-state index is 12.3. The molecule has 2 atom stereocenters. The Hall–Kier alpha value is -2.22. The monoisotopic (exact) mass is 302 g/mol. The van der Waals surface area contributed by atoms with Crippen molar-refractivity contribution in [3.05, 3.63) is 29.8 Å². The van der Waals surface area contributed by atoms with Crippen LogP contribution in [0.2, 0.25) is 0 Å². The van der Waals surface area contributed by atoms with E-state index >= 15 is 0 Å². The number of carboxylic acids is 1. The molecule has 0 heterocycles. The maximum absolute atomic E-state index is 12.3. The quantitative estimate of drug-likeness (QED) is 0.704. The number of nitrogens with two attached hydrogens (primary N) is 1. The highest BCUT2D eigenvalue weighted by atomic mass is 19.3. The van der Waals surface area contributed by atoms with E-state index < -0.39 is 37.0 Å². The average molecular weight is 302 g/mol. The van der Waals surface area contributed by atoms with Gasteiger partial charge in [0.2, 0.25) is 5.91 Å². The van der Waals surface area contributed by atoms with Crippen LogP contribution in [0.15, 0.2) is 24.3 Å². The fourth-order valence-corrected chi connectivity index (χ4v) is 1.72. The van der Waals surface area contributed by atoms with Crippen LogP contribution in [0.25, 0.3) is 0 Å². The summed E-state index contributed by atoms with van der Waals surface area (Å²) in [6, 6.07) is 4.12. The first-order valence-corrected chi connectivity index (χ1v) is 6.12. The predicted molar refractivity (Wildman–Crippen MR) is 69.9 cm³/mol. The highest BCUT2D eigenvalue weighted by Crippen LogP contribution is 2.26. The van der Waals surface area contributed by atoms with Gasteiger partial charge in [-0.15, -0.1) is 0 Å². The third-order valence-corrected chi connectivity index (χ3v) is 2.69. The second kappa shape index (κ2) is 7.53. The van der Waals surface area contributed by atoms with Crippen molar-refractivity contribution in [3.8, 4) is 5.75 Å². The summed E-state index contributed by atoms with van der Waals surface area (Å²) < 4.78 is 29.0. The Kier molecular flexibility index (Phi) is 6.04. The lowest BCUT2D eigenvalue weighted by molar-refractivity contribution is -0.139. The summed E-state index contributed by atoms with van der Waals surface area (Å²) >= 11 is 0. The van der Waals surface area contributed by atoms with E-state index in [-0.39, 0.29) is 5.75 Å². The molecular weight excluding hydrogens is 286 g/mol. The Bertz CT molecular complexity index is 511. The smallest absolute Gasteiger partial charge is 0.387 e. The molecule has 1 amide bonds. The second-order valence-electron chi connectivity index (χ2n) is 4.35. The Morgan fingerprint density at radius 3 is 2.57 bits per heavy atom. The molecule has 1 aromatic rings. The third-order valence-electron chi connectivity index (χ3n) is 2.69. The Morgan fingerprint density at radius 1 is 1.38 bits per heavy atom. The van der Waals surface area contributed by atoms with Crippen LogP contribution in [0.4, 0.5) is 8.78 Å². The van der Waals surface area contributed by atoms with Crippen LogP contribution in [-0.4, -0.2) is 29.6 Å². The van der Waals surface area contributed by atoms with Crippen LogP contribution in [-0.2, 0) is 9.59 Å². The minimum absolute atomic E-state index is 0.0629. The van der Waals surface area contributed by atoms with E-state index in [0.29, 0.717) is 5.56 Å². The summed E-state index contributed by atoms with van der Waals surface area (Å²) in [4.78, 5) is 22.2. The normalized spacial score (nSPS) is 13.6. The number of ether oxygens (including phenoxy) is 1. The van der Waals surface area contributed by atoms with Gasteiger partial charge in [0, 0.05) is 5.56 Å². The number of alkyl halides is 2. The zero-order valence-electron chi connectivity index (χ0n) is 11.3. The number of benzene rings is 1. The molecule has 0 saturated heterocycles. The van der Waals surface area contributed by atoms with Gasteiger partial charge in [-0.05, 0) is 13.0 Å². The molecule has 21 heavy (non-hydrogen) atoms. The highest BCUT2D eigenvalue weighted by Gasteiger charge is 2.21. The van der Waals surface area contributed by atoms with Gasteiger partial charge >= 0.3 is 12.6 Å². The molecule has 0 aliphatic heterocycles.